The third-order valence-corrected chi connectivity index (χ3v) is 5.26. The molecule has 1 fully saturated rings. The van der Waals surface area contributed by atoms with Crippen molar-refractivity contribution in [3.63, 3.8) is 0 Å². The highest BCUT2D eigenvalue weighted by atomic mass is 32.2. The van der Waals surface area contributed by atoms with Crippen LogP contribution in [-0.4, -0.2) is 70.7 Å². The fourth-order valence-corrected chi connectivity index (χ4v) is 3.44. The van der Waals surface area contributed by atoms with Crippen LogP contribution in [0.4, 0.5) is 0 Å². The van der Waals surface area contributed by atoms with Crippen LogP contribution < -0.4 is 5.76 Å². The lowest BCUT2D eigenvalue weighted by Gasteiger charge is -2.33. The molecular weight excluding hydrogens is 350 g/mol. The minimum Gasteiger partial charge on any atom is -0.338 e. The summed E-state index contributed by atoms with van der Waals surface area (Å²) in [4.78, 5) is 29.8. The van der Waals surface area contributed by atoms with Gasteiger partial charge >= 0.3 is 5.76 Å². The van der Waals surface area contributed by atoms with Crippen molar-refractivity contribution in [2.45, 2.75) is 6.54 Å². The number of rotatable bonds is 4. The summed E-state index contributed by atoms with van der Waals surface area (Å²) in [6, 6.07) is 3.39. The Balaban J connectivity index is 1.73. The highest BCUT2D eigenvalue weighted by Crippen LogP contribution is 2.14. The van der Waals surface area contributed by atoms with Gasteiger partial charge in [0.1, 0.15) is 6.54 Å². The maximum Gasteiger partial charge on any atom is 0.442 e. The van der Waals surface area contributed by atoms with Gasteiger partial charge in [-0.1, -0.05) is 5.16 Å². The molecule has 1 aliphatic rings. The zero-order chi connectivity index (χ0) is 18.0. The Morgan fingerprint density at radius 3 is 2.60 bits per heavy atom. The molecule has 0 spiro atoms. The number of aromatic nitrogens is 3. The summed E-state index contributed by atoms with van der Waals surface area (Å²) in [5, 5.41) is 3.71. The second kappa shape index (κ2) is 6.76. The molecule has 11 heteroatoms. The number of hydrogen-bond acceptors (Lipinski definition) is 7. The molecule has 0 aromatic carbocycles. The van der Waals surface area contributed by atoms with Crippen molar-refractivity contribution < 1.29 is 17.7 Å². The van der Waals surface area contributed by atoms with Gasteiger partial charge in [-0.15, -0.1) is 0 Å². The van der Waals surface area contributed by atoms with Gasteiger partial charge in [-0.25, -0.2) is 17.8 Å². The van der Waals surface area contributed by atoms with E-state index in [0.717, 1.165) is 10.8 Å². The second-order valence-corrected chi connectivity index (χ2v) is 7.63. The average Bonchev–Trinajstić information content (AvgIpc) is 2.96. The fraction of sp³-hybridized carbons (Fsp3) is 0.429. The van der Waals surface area contributed by atoms with E-state index in [1.165, 1.54) is 15.4 Å². The number of nitrogens with zero attached hydrogens (tertiary/aromatic N) is 5. The van der Waals surface area contributed by atoms with Gasteiger partial charge in [0.2, 0.25) is 15.9 Å². The first kappa shape index (κ1) is 17.3. The van der Waals surface area contributed by atoms with E-state index in [4.69, 9.17) is 0 Å². The summed E-state index contributed by atoms with van der Waals surface area (Å²) in [5.74, 6) is -0.813. The quantitative estimate of drug-likeness (QED) is 0.680. The first-order valence-corrected chi connectivity index (χ1v) is 9.41. The highest BCUT2D eigenvalue weighted by molar-refractivity contribution is 7.88. The summed E-state index contributed by atoms with van der Waals surface area (Å²) in [5.41, 5.74) is 0.558. The molecule has 0 N–H and O–H groups in total. The Morgan fingerprint density at radius 1 is 1.28 bits per heavy atom. The van der Waals surface area contributed by atoms with E-state index >= 15 is 0 Å². The molecule has 0 aliphatic carbocycles. The fourth-order valence-electron chi connectivity index (χ4n) is 2.61. The molecule has 0 saturated carbocycles. The van der Waals surface area contributed by atoms with Crippen LogP contribution in [0.25, 0.3) is 11.4 Å². The average molecular weight is 367 g/mol. The molecule has 134 valence electrons. The van der Waals surface area contributed by atoms with Crippen molar-refractivity contribution in [1.29, 1.82) is 0 Å². The number of hydrogen-bond donors (Lipinski definition) is 0. The largest absolute Gasteiger partial charge is 0.442 e. The minimum atomic E-state index is -3.27. The van der Waals surface area contributed by atoms with Crippen molar-refractivity contribution in [1.82, 2.24) is 23.9 Å². The Bertz CT molecular complexity index is 913. The standard InChI is InChI=1S/C14H17N5O5S/c1-25(22,23)18-7-5-17(6-8-18)12(20)10-19-13(16-24-14(19)21)11-3-2-4-15-9-11/h2-4,9H,5-8,10H2,1H3. The molecule has 2 aromatic rings. The van der Waals surface area contributed by atoms with Crippen LogP contribution in [0.5, 0.6) is 0 Å². The van der Waals surface area contributed by atoms with Crippen molar-refractivity contribution >= 4 is 15.9 Å². The van der Waals surface area contributed by atoms with Gasteiger partial charge in [0, 0.05) is 44.1 Å². The minimum absolute atomic E-state index is 0.223. The molecule has 1 aliphatic heterocycles. The Kier molecular flexibility index (Phi) is 4.68. The molecule has 0 bridgehead atoms. The number of piperazine rings is 1. The maximum atomic E-state index is 12.5. The van der Waals surface area contributed by atoms with E-state index in [1.807, 2.05) is 0 Å². The summed E-state index contributed by atoms with van der Waals surface area (Å²) in [7, 11) is -3.27. The molecule has 2 aromatic heterocycles. The molecule has 0 atom stereocenters. The van der Waals surface area contributed by atoms with E-state index in [9.17, 15) is 18.0 Å². The summed E-state index contributed by atoms with van der Waals surface area (Å²) < 4.78 is 30.2. The normalized spacial score (nSPS) is 16.1. The highest BCUT2D eigenvalue weighted by Gasteiger charge is 2.27. The van der Waals surface area contributed by atoms with Crippen LogP contribution in [-0.2, 0) is 21.4 Å². The van der Waals surface area contributed by atoms with Crippen LogP contribution >= 0.6 is 0 Å². The van der Waals surface area contributed by atoms with Gasteiger partial charge in [0.05, 0.1) is 6.26 Å². The summed E-state index contributed by atoms with van der Waals surface area (Å²) >= 11 is 0. The van der Waals surface area contributed by atoms with Crippen LogP contribution in [0.3, 0.4) is 0 Å². The topological polar surface area (TPSA) is 119 Å². The third-order valence-electron chi connectivity index (χ3n) is 3.96. The number of pyridine rings is 1. The Morgan fingerprint density at radius 2 is 2.00 bits per heavy atom. The SMILES string of the molecule is CS(=O)(=O)N1CCN(C(=O)Cn2c(-c3cccnc3)noc2=O)CC1. The number of amides is 1. The van der Waals surface area contributed by atoms with Crippen molar-refractivity contribution in [3.05, 3.63) is 35.1 Å². The van der Waals surface area contributed by atoms with Gasteiger partial charge in [-0.2, -0.15) is 4.31 Å². The van der Waals surface area contributed by atoms with E-state index in [-0.39, 0.29) is 44.5 Å². The van der Waals surface area contributed by atoms with Gasteiger partial charge in [-0.3, -0.25) is 14.3 Å². The van der Waals surface area contributed by atoms with E-state index in [2.05, 4.69) is 14.7 Å². The zero-order valence-electron chi connectivity index (χ0n) is 13.5. The van der Waals surface area contributed by atoms with Crippen molar-refractivity contribution in [2.24, 2.45) is 0 Å². The van der Waals surface area contributed by atoms with E-state index in [0.29, 0.717) is 5.56 Å². The lowest BCUT2D eigenvalue weighted by molar-refractivity contribution is -0.133. The Hall–Kier alpha value is -2.53. The number of carbonyl (C=O) groups excluding carboxylic acids is 1. The molecule has 25 heavy (non-hydrogen) atoms. The second-order valence-electron chi connectivity index (χ2n) is 5.64. The van der Waals surface area contributed by atoms with E-state index < -0.39 is 15.8 Å². The van der Waals surface area contributed by atoms with Crippen molar-refractivity contribution in [3.8, 4) is 11.4 Å². The van der Waals surface area contributed by atoms with Crippen LogP contribution in [0.2, 0.25) is 0 Å². The van der Waals surface area contributed by atoms with Crippen LogP contribution in [0.15, 0.2) is 33.8 Å². The molecule has 3 heterocycles. The van der Waals surface area contributed by atoms with E-state index in [1.54, 1.807) is 18.3 Å². The lowest BCUT2D eigenvalue weighted by Crippen LogP contribution is -2.51. The number of carbonyl (C=O) groups is 1. The van der Waals surface area contributed by atoms with Gasteiger partial charge in [-0.05, 0) is 12.1 Å². The zero-order valence-corrected chi connectivity index (χ0v) is 14.3. The molecule has 3 rings (SSSR count). The monoisotopic (exact) mass is 367 g/mol. The molecule has 1 saturated heterocycles. The predicted octanol–water partition coefficient (Wildman–Crippen LogP) is -0.998. The van der Waals surface area contributed by atoms with Gasteiger partial charge < -0.3 is 4.90 Å². The maximum absolute atomic E-state index is 12.5. The predicted molar refractivity (Wildman–Crippen MR) is 87.0 cm³/mol. The van der Waals surface area contributed by atoms with Gasteiger partial charge in [0.15, 0.2) is 5.82 Å². The molecule has 0 radical (unpaired) electrons. The smallest absolute Gasteiger partial charge is 0.338 e. The molecule has 0 unspecified atom stereocenters. The molecule has 1 amide bonds. The van der Waals surface area contributed by atoms with Gasteiger partial charge in [0.25, 0.3) is 0 Å². The third kappa shape index (κ3) is 3.77. The van der Waals surface area contributed by atoms with Crippen molar-refractivity contribution in [2.75, 3.05) is 32.4 Å². The first-order chi connectivity index (χ1) is 11.9. The number of sulfonamides is 1. The summed E-state index contributed by atoms with van der Waals surface area (Å²) in [6.45, 7) is 0.783. The van der Waals surface area contributed by atoms with Crippen LogP contribution in [0, 0.1) is 0 Å². The Labute approximate surface area is 143 Å². The summed E-state index contributed by atoms with van der Waals surface area (Å²) in [6.07, 6.45) is 4.24. The first-order valence-electron chi connectivity index (χ1n) is 7.56. The molecular formula is C14H17N5O5S. The van der Waals surface area contributed by atoms with Crippen LogP contribution in [0.1, 0.15) is 0 Å². The lowest BCUT2D eigenvalue weighted by atomic mass is 10.2. The molecule has 10 nitrogen and oxygen atoms in total.